The molecule has 0 bridgehead atoms. The number of nitrogens with one attached hydrogen (secondary N) is 2. The van der Waals surface area contributed by atoms with Gasteiger partial charge in [0, 0.05) is 37.2 Å². The second-order valence-corrected chi connectivity index (χ2v) is 7.48. The topological polar surface area (TPSA) is 108 Å². The average Bonchev–Trinajstić information content (AvgIpc) is 2.62. The SMILES string of the molecule is CCNC(=O)c1cccc(NC(=O)CN(C)S(=O)(=O)c2cccnc2)c1. The van der Waals surface area contributed by atoms with E-state index in [1.807, 2.05) is 6.92 Å². The first-order chi connectivity index (χ1) is 12.3. The molecule has 0 saturated heterocycles. The van der Waals surface area contributed by atoms with Crippen LogP contribution in [0.15, 0.2) is 53.7 Å². The number of aromatic nitrogens is 1. The van der Waals surface area contributed by atoms with E-state index in [0.29, 0.717) is 17.8 Å². The lowest BCUT2D eigenvalue weighted by Crippen LogP contribution is -2.35. The van der Waals surface area contributed by atoms with Crippen LogP contribution >= 0.6 is 0 Å². The second kappa shape index (κ2) is 8.54. The molecule has 0 saturated carbocycles. The van der Waals surface area contributed by atoms with Gasteiger partial charge in [-0.2, -0.15) is 4.31 Å². The van der Waals surface area contributed by atoms with Crippen LogP contribution in [0.4, 0.5) is 5.69 Å². The number of anilines is 1. The molecule has 9 heteroatoms. The van der Waals surface area contributed by atoms with Crippen molar-refractivity contribution in [3.63, 3.8) is 0 Å². The molecule has 0 aliphatic rings. The molecule has 2 N–H and O–H groups in total. The van der Waals surface area contributed by atoms with Gasteiger partial charge < -0.3 is 10.6 Å². The van der Waals surface area contributed by atoms with Crippen LogP contribution in [-0.2, 0) is 14.8 Å². The number of benzene rings is 1. The Kier molecular flexibility index (Phi) is 6.42. The van der Waals surface area contributed by atoms with Gasteiger partial charge in [-0.25, -0.2) is 8.42 Å². The minimum Gasteiger partial charge on any atom is -0.352 e. The summed E-state index contributed by atoms with van der Waals surface area (Å²) < 4.78 is 25.7. The largest absolute Gasteiger partial charge is 0.352 e. The Morgan fingerprint density at radius 2 is 1.96 bits per heavy atom. The van der Waals surface area contributed by atoms with E-state index in [0.717, 1.165) is 4.31 Å². The summed E-state index contributed by atoms with van der Waals surface area (Å²) in [5, 5.41) is 5.26. The van der Waals surface area contributed by atoms with E-state index in [-0.39, 0.29) is 17.3 Å². The van der Waals surface area contributed by atoms with Crippen molar-refractivity contribution in [1.29, 1.82) is 0 Å². The summed E-state index contributed by atoms with van der Waals surface area (Å²) in [6.45, 7) is 1.93. The van der Waals surface area contributed by atoms with Crippen molar-refractivity contribution in [2.24, 2.45) is 0 Å². The maximum Gasteiger partial charge on any atom is 0.251 e. The fourth-order valence-corrected chi connectivity index (χ4v) is 3.26. The van der Waals surface area contributed by atoms with Crippen molar-refractivity contribution in [3.8, 4) is 0 Å². The summed E-state index contributed by atoms with van der Waals surface area (Å²) in [5.74, 6) is -0.770. The van der Waals surface area contributed by atoms with Crippen molar-refractivity contribution in [2.45, 2.75) is 11.8 Å². The van der Waals surface area contributed by atoms with Crippen LogP contribution in [-0.4, -0.2) is 49.7 Å². The minimum absolute atomic E-state index is 0.00790. The molecular weight excluding hydrogens is 356 g/mol. The molecule has 0 aliphatic carbocycles. The monoisotopic (exact) mass is 376 g/mol. The summed E-state index contributed by atoms with van der Waals surface area (Å²) in [6.07, 6.45) is 2.69. The molecule has 138 valence electrons. The predicted octanol–water partition coefficient (Wildman–Crippen LogP) is 1.09. The molecule has 0 unspecified atom stereocenters. The Bertz CT molecular complexity index is 885. The quantitative estimate of drug-likeness (QED) is 0.752. The summed E-state index contributed by atoms with van der Waals surface area (Å²) in [7, 11) is -2.50. The molecule has 1 aromatic heterocycles. The zero-order chi connectivity index (χ0) is 19.2. The third-order valence-corrected chi connectivity index (χ3v) is 5.24. The summed E-state index contributed by atoms with van der Waals surface area (Å²) >= 11 is 0. The normalized spacial score (nSPS) is 11.2. The number of nitrogens with zero attached hydrogens (tertiary/aromatic N) is 2. The van der Waals surface area contributed by atoms with Gasteiger partial charge in [0.2, 0.25) is 15.9 Å². The average molecular weight is 376 g/mol. The van der Waals surface area contributed by atoms with Crippen LogP contribution in [0.5, 0.6) is 0 Å². The number of hydrogen-bond acceptors (Lipinski definition) is 5. The van der Waals surface area contributed by atoms with Crippen LogP contribution < -0.4 is 10.6 Å². The third-order valence-electron chi connectivity index (χ3n) is 3.45. The number of amides is 2. The van der Waals surface area contributed by atoms with Gasteiger partial charge in [-0.15, -0.1) is 0 Å². The van der Waals surface area contributed by atoms with E-state index < -0.39 is 15.9 Å². The molecule has 26 heavy (non-hydrogen) atoms. The molecule has 2 aromatic rings. The molecule has 0 radical (unpaired) electrons. The molecule has 1 aromatic carbocycles. The molecule has 2 amide bonds. The molecule has 2 rings (SSSR count). The second-order valence-electron chi connectivity index (χ2n) is 5.44. The van der Waals surface area contributed by atoms with Crippen molar-refractivity contribution >= 4 is 27.5 Å². The first-order valence-electron chi connectivity index (χ1n) is 7.89. The molecule has 0 atom stereocenters. The summed E-state index contributed by atoms with van der Waals surface area (Å²) in [6, 6.07) is 9.32. The van der Waals surface area contributed by atoms with Crippen LogP contribution in [0.25, 0.3) is 0 Å². The van der Waals surface area contributed by atoms with E-state index in [1.54, 1.807) is 18.2 Å². The van der Waals surface area contributed by atoms with Crippen molar-refractivity contribution in [3.05, 3.63) is 54.4 Å². The van der Waals surface area contributed by atoms with E-state index in [9.17, 15) is 18.0 Å². The highest BCUT2D eigenvalue weighted by Gasteiger charge is 2.23. The van der Waals surface area contributed by atoms with Gasteiger partial charge in [-0.3, -0.25) is 14.6 Å². The Balaban J connectivity index is 2.05. The van der Waals surface area contributed by atoms with Crippen LogP contribution in [0.2, 0.25) is 0 Å². The van der Waals surface area contributed by atoms with Crippen LogP contribution in [0, 0.1) is 0 Å². The first-order valence-corrected chi connectivity index (χ1v) is 9.33. The summed E-state index contributed by atoms with van der Waals surface area (Å²) in [4.78, 5) is 27.8. The van der Waals surface area contributed by atoms with Gasteiger partial charge in [0.1, 0.15) is 4.90 Å². The molecular formula is C17H20N4O4S. The Hall–Kier alpha value is -2.78. The van der Waals surface area contributed by atoms with Gasteiger partial charge in [-0.1, -0.05) is 6.07 Å². The molecule has 8 nitrogen and oxygen atoms in total. The van der Waals surface area contributed by atoms with E-state index in [2.05, 4.69) is 15.6 Å². The van der Waals surface area contributed by atoms with Gasteiger partial charge in [0.15, 0.2) is 0 Å². The fraction of sp³-hybridized carbons (Fsp3) is 0.235. The number of pyridine rings is 1. The van der Waals surface area contributed by atoms with E-state index in [4.69, 9.17) is 0 Å². The van der Waals surface area contributed by atoms with Gasteiger partial charge in [0.25, 0.3) is 5.91 Å². The number of sulfonamides is 1. The van der Waals surface area contributed by atoms with Crippen LogP contribution in [0.1, 0.15) is 17.3 Å². The Morgan fingerprint density at radius 1 is 1.19 bits per heavy atom. The first kappa shape index (κ1) is 19.5. The smallest absolute Gasteiger partial charge is 0.251 e. The lowest BCUT2D eigenvalue weighted by Gasteiger charge is -2.16. The maximum absolute atomic E-state index is 12.4. The van der Waals surface area contributed by atoms with Gasteiger partial charge in [-0.05, 0) is 37.3 Å². The zero-order valence-corrected chi connectivity index (χ0v) is 15.3. The maximum atomic E-state index is 12.4. The van der Waals surface area contributed by atoms with E-state index in [1.165, 1.54) is 37.6 Å². The lowest BCUT2D eigenvalue weighted by molar-refractivity contribution is -0.116. The third kappa shape index (κ3) is 4.87. The molecule has 0 fully saturated rings. The lowest BCUT2D eigenvalue weighted by atomic mass is 10.2. The number of carbonyl (C=O) groups excluding carboxylic acids is 2. The van der Waals surface area contributed by atoms with Gasteiger partial charge >= 0.3 is 0 Å². The number of likely N-dealkylation sites (N-methyl/N-ethyl adjacent to an activating group) is 1. The van der Waals surface area contributed by atoms with E-state index >= 15 is 0 Å². The minimum atomic E-state index is -3.81. The Labute approximate surface area is 152 Å². The van der Waals surface area contributed by atoms with Crippen molar-refractivity contribution in [1.82, 2.24) is 14.6 Å². The Morgan fingerprint density at radius 3 is 2.62 bits per heavy atom. The molecule has 1 heterocycles. The highest BCUT2D eigenvalue weighted by molar-refractivity contribution is 7.89. The molecule has 0 spiro atoms. The number of rotatable bonds is 7. The standard InChI is InChI=1S/C17H20N4O4S/c1-3-19-17(23)13-6-4-7-14(10-13)20-16(22)12-21(2)26(24,25)15-8-5-9-18-11-15/h4-11H,3,12H2,1-2H3,(H,19,23)(H,20,22). The zero-order valence-electron chi connectivity index (χ0n) is 14.5. The number of hydrogen-bond donors (Lipinski definition) is 2. The van der Waals surface area contributed by atoms with Crippen LogP contribution in [0.3, 0.4) is 0 Å². The predicted molar refractivity (Wildman–Crippen MR) is 97.1 cm³/mol. The summed E-state index contributed by atoms with van der Waals surface area (Å²) in [5.41, 5.74) is 0.812. The highest BCUT2D eigenvalue weighted by atomic mass is 32.2. The molecule has 0 aliphatic heterocycles. The number of carbonyl (C=O) groups is 2. The fourth-order valence-electron chi connectivity index (χ4n) is 2.17. The highest BCUT2D eigenvalue weighted by Crippen LogP contribution is 2.14. The van der Waals surface area contributed by atoms with Crippen molar-refractivity contribution < 1.29 is 18.0 Å². The van der Waals surface area contributed by atoms with Crippen molar-refractivity contribution in [2.75, 3.05) is 25.5 Å². The van der Waals surface area contributed by atoms with Gasteiger partial charge in [0.05, 0.1) is 6.54 Å².